The first kappa shape index (κ1) is 16.4. The summed E-state index contributed by atoms with van der Waals surface area (Å²) in [6.07, 6.45) is 8.64. The number of hydrogen-bond donors (Lipinski definition) is 1. The highest BCUT2D eigenvalue weighted by Gasteiger charge is 2.29. The first-order chi connectivity index (χ1) is 11.3. The van der Waals surface area contributed by atoms with Crippen molar-refractivity contribution >= 4 is 11.8 Å². The van der Waals surface area contributed by atoms with Crippen molar-refractivity contribution in [2.24, 2.45) is 0 Å². The monoisotopic (exact) mass is 332 g/mol. The summed E-state index contributed by atoms with van der Waals surface area (Å²) < 4.78 is 0. The van der Waals surface area contributed by atoms with Crippen LogP contribution in [0.3, 0.4) is 0 Å². The number of aromatic amines is 1. The minimum absolute atomic E-state index is 0.304. The summed E-state index contributed by atoms with van der Waals surface area (Å²) in [4.78, 5) is 15.9. The van der Waals surface area contributed by atoms with Crippen LogP contribution in [0.2, 0.25) is 0 Å². The summed E-state index contributed by atoms with van der Waals surface area (Å²) in [5, 5.41) is 8.16. The number of H-pyrrole nitrogens is 1. The summed E-state index contributed by atoms with van der Waals surface area (Å²) in [6, 6.07) is 0.304. The molecular weight excluding hydrogens is 308 g/mol. The van der Waals surface area contributed by atoms with Crippen LogP contribution in [-0.2, 0) is 6.54 Å². The topological polar surface area (TPSA) is 70.6 Å². The number of hydrogen-bond acceptors (Lipinski definition) is 6. The van der Waals surface area contributed by atoms with Crippen molar-refractivity contribution in [3.8, 4) is 0 Å². The molecule has 0 spiro atoms. The van der Waals surface area contributed by atoms with Crippen LogP contribution in [-0.4, -0.2) is 42.3 Å². The van der Waals surface area contributed by atoms with Crippen molar-refractivity contribution < 1.29 is 0 Å². The molecule has 1 saturated heterocycles. The predicted octanol–water partition coefficient (Wildman–Crippen LogP) is 3.13. The van der Waals surface area contributed by atoms with E-state index in [1.165, 1.54) is 19.3 Å². The van der Waals surface area contributed by atoms with E-state index < -0.39 is 0 Å². The maximum atomic E-state index is 4.50. The van der Waals surface area contributed by atoms with Gasteiger partial charge in [0.25, 0.3) is 0 Å². The Kier molecular flexibility index (Phi) is 5.61. The number of thioether (sulfide) groups is 1. The van der Waals surface area contributed by atoms with Crippen LogP contribution in [0.5, 0.6) is 0 Å². The second kappa shape index (κ2) is 7.88. The fourth-order valence-electron chi connectivity index (χ4n) is 2.86. The lowest BCUT2D eigenvalue weighted by atomic mass is 10.2. The smallest absolute Gasteiger partial charge is 0.187 e. The van der Waals surface area contributed by atoms with Crippen LogP contribution >= 0.6 is 11.8 Å². The third-order valence-corrected chi connectivity index (χ3v) is 5.03. The number of nitrogens with zero attached hydrogens (tertiary/aromatic N) is 5. The summed E-state index contributed by atoms with van der Waals surface area (Å²) in [7, 11) is 0. The zero-order valence-corrected chi connectivity index (χ0v) is 14.6. The van der Waals surface area contributed by atoms with E-state index in [-0.39, 0.29) is 0 Å². The Bertz CT molecular complexity index is 611. The van der Waals surface area contributed by atoms with Gasteiger partial charge in [0.15, 0.2) is 11.0 Å². The molecule has 23 heavy (non-hydrogen) atoms. The van der Waals surface area contributed by atoms with Crippen LogP contribution in [0.4, 0.5) is 0 Å². The second-order valence-electron chi connectivity index (χ2n) is 5.98. The number of unbranched alkanes of at least 4 members (excludes halogenated alkanes) is 1. The maximum absolute atomic E-state index is 4.50. The van der Waals surface area contributed by atoms with Gasteiger partial charge in [-0.05, 0) is 32.7 Å². The van der Waals surface area contributed by atoms with Crippen molar-refractivity contribution in [3.05, 3.63) is 29.6 Å². The van der Waals surface area contributed by atoms with E-state index in [4.69, 9.17) is 0 Å². The van der Waals surface area contributed by atoms with Gasteiger partial charge in [-0.2, -0.15) is 5.10 Å². The molecule has 1 atom stereocenters. The van der Waals surface area contributed by atoms with Crippen molar-refractivity contribution in [3.63, 3.8) is 0 Å². The van der Waals surface area contributed by atoms with E-state index >= 15 is 0 Å². The molecule has 2 aromatic rings. The highest BCUT2D eigenvalue weighted by atomic mass is 32.2. The standard InChI is InChI=1S/C16H24N6S/c1-3-4-8-23-16-17-9-13(10-18-16)11-22-7-5-6-14(22)15-19-12(2)20-21-15/h9-10,14H,3-8,11H2,1-2H3,(H,19,20,21)/t14-/m1/s1. The third kappa shape index (κ3) is 4.29. The number of rotatable bonds is 7. The molecule has 124 valence electrons. The van der Waals surface area contributed by atoms with Crippen molar-refractivity contribution in [2.75, 3.05) is 12.3 Å². The zero-order chi connectivity index (χ0) is 16.1. The minimum atomic E-state index is 0.304. The Hall–Kier alpha value is -1.47. The predicted molar refractivity (Wildman–Crippen MR) is 91.2 cm³/mol. The molecule has 7 heteroatoms. The molecule has 0 aromatic carbocycles. The molecule has 0 radical (unpaired) electrons. The molecule has 0 bridgehead atoms. The van der Waals surface area contributed by atoms with Gasteiger partial charge in [-0.15, -0.1) is 0 Å². The van der Waals surface area contributed by atoms with Gasteiger partial charge in [-0.25, -0.2) is 15.0 Å². The van der Waals surface area contributed by atoms with Gasteiger partial charge >= 0.3 is 0 Å². The van der Waals surface area contributed by atoms with Crippen LogP contribution in [0.1, 0.15) is 55.9 Å². The van der Waals surface area contributed by atoms with E-state index in [2.05, 4.69) is 37.0 Å². The molecule has 0 amide bonds. The van der Waals surface area contributed by atoms with E-state index in [0.29, 0.717) is 6.04 Å². The summed E-state index contributed by atoms with van der Waals surface area (Å²) in [6.45, 7) is 6.08. The Morgan fingerprint density at radius 2 is 2.17 bits per heavy atom. The van der Waals surface area contributed by atoms with Gasteiger partial charge in [0.05, 0.1) is 6.04 Å². The van der Waals surface area contributed by atoms with Gasteiger partial charge in [0, 0.05) is 30.3 Å². The highest BCUT2D eigenvalue weighted by Crippen LogP contribution is 2.31. The lowest BCUT2D eigenvalue weighted by Crippen LogP contribution is -2.23. The first-order valence-corrected chi connectivity index (χ1v) is 9.31. The van der Waals surface area contributed by atoms with Gasteiger partial charge in [0.2, 0.25) is 0 Å². The third-order valence-electron chi connectivity index (χ3n) is 4.07. The molecular formula is C16H24N6S. The maximum Gasteiger partial charge on any atom is 0.187 e. The number of likely N-dealkylation sites (tertiary alicyclic amines) is 1. The molecule has 1 fully saturated rings. The Morgan fingerprint density at radius 3 is 2.87 bits per heavy atom. The van der Waals surface area contributed by atoms with E-state index in [1.807, 2.05) is 19.3 Å². The van der Waals surface area contributed by atoms with Crippen molar-refractivity contribution in [2.45, 2.75) is 57.3 Å². The van der Waals surface area contributed by atoms with Crippen LogP contribution in [0.25, 0.3) is 0 Å². The van der Waals surface area contributed by atoms with E-state index in [1.54, 1.807) is 11.8 Å². The first-order valence-electron chi connectivity index (χ1n) is 8.33. The van der Waals surface area contributed by atoms with Crippen LogP contribution < -0.4 is 0 Å². The fraction of sp³-hybridized carbons (Fsp3) is 0.625. The molecule has 0 unspecified atom stereocenters. The van der Waals surface area contributed by atoms with Crippen molar-refractivity contribution in [1.82, 2.24) is 30.0 Å². The van der Waals surface area contributed by atoms with Crippen LogP contribution in [0, 0.1) is 6.92 Å². The summed E-state index contributed by atoms with van der Waals surface area (Å²) in [5.74, 6) is 2.88. The molecule has 0 saturated carbocycles. The molecule has 1 N–H and O–H groups in total. The second-order valence-corrected chi connectivity index (χ2v) is 7.05. The van der Waals surface area contributed by atoms with Gasteiger partial charge in [-0.1, -0.05) is 25.1 Å². The Balaban J connectivity index is 1.59. The Morgan fingerprint density at radius 1 is 1.35 bits per heavy atom. The SMILES string of the molecule is CCCCSc1ncc(CN2CCC[C@@H]2c2n[nH]c(C)n2)cn1. The molecule has 2 aromatic heterocycles. The largest absolute Gasteiger partial charge is 0.289 e. The highest BCUT2D eigenvalue weighted by molar-refractivity contribution is 7.99. The average Bonchev–Trinajstić information content (AvgIpc) is 3.18. The number of aryl methyl sites for hydroxylation is 1. The summed E-state index contributed by atoms with van der Waals surface area (Å²) >= 11 is 1.74. The van der Waals surface area contributed by atoms with E-state index in [9.17, 15) is 0 Å². The molecule has 1 aliphatic heterocycles. The van der Waals surface area contributed by atoms with Gasteiger partial charge in [0.1, 0.15) is 5.82 Å². The lowest BCUT2D eigenvalue weighted by molar-refractivity contribution is 0.239. The normalized spacial score (nSPS) is 18.6. The number of nitrogens with one attached hydrogen (secondary N) is 1. The van der Waals surface area contributed by atoms with Crippen LogP contribution in [0.15, 0.2) is 17.6 Å². The minimum Gasteiger partial charge on any atom is -0.289 e. The number of aromatic nitrogens is 5. The van der Waals surface area contributed by atoms with Gasteiger partial charge in [-0.3, -0.25) is 10.00 Å². The van der Waals surface area contributed by atoms with Gasteiger partial charge < -0.3 is 0 Å². The Labute approximate surface area is 141 Å². The molecule has 0 aliphatic carbocycles. The summed E-state index contributed by atoms with van der Waals surface area (Å²) in [5.41, 5.74) is 1.16. The average molecular weight is 332 g/mol. The fourth-order valence-corrected chi connectivity index (χ4v) is 3.73. The molecule has 1 aliphatic rings. The zero-order valence-electron chi connectivity index (χ0n) is 13.8. The molecule has 6 nitrogen and oxygen atoms in total. The van der Waals surface area contributed by atoms with E-state index in [0.717, 1.165) is 47.6 Å². The quantitative estimate of drug-likeness (QED) is 0.477. The molecule has 3 heterocycles. The molecule has 3 rings (SSSR count). The van der Waals surface area contributed by atoms with Crippen molar-refractivity contribution in [1.29, 1.82) is 0 Å². The lowest BCUT2D eigenvalue weighted by Gasteiger charge is -2.21.